The predicted molar refractivity (Wildman–Crippen MR) is 69.8 cm³/mol. The number of aliphatic hydroxyl groups is 1. The van der Waals surface area contributed by atoms with Gasteiger partial charge in [-0.1, -0.05) is 0 Å². The Morgan fingerprint density at radius 1 is 1.53 bits per heavy atom. The molecule has 2 atom stereocenters. The van der Waals surface area contributed by atoms with E-state index in [9.17, 15) is 9.90 Å². The lowest BCUT2D eigenvalue weighted by molar-refractivity contribution is -0.167. The number of rotatable bonds is 3. The van der Waals surface area contributed by atoms with Crippen molar-refractivity contribution in [3.63, 3.8) is 0 Å². The van der Waals surface area contributed by atoms with Crippen molar-refractivity contribution in [3.05, 3.63) is 0 Å². The van der Waals surface area contributed by atoms with Gasteiger partial charge in [0.15, 0.2) is 0 Å². The van der Waals surface area contributed by atoms with Gasteiger partial charge in [-0.15, -0.1) is 0 Å². The summed E-state index contributed by atoms with van der Waals surface area (Å²) in [5.41, 5.74) is -0.405. The van der Waals surface area contributed by atoms with Gasteiger partial charge in [0, 0.05) is 32.1 Å². The fraction of sp³-hybridized carbons (Fsp3) is 0.923. The highest BCUT2D eigenvalue weighted by Crippen LogP contribution is 2.21. The fourth-order valence-corrected chi connectivity index (χ4v) is 2.67. The minimum atomic E-state index is -0.405. The maximum absolute atomic E-state index is 12.3. The van der Waals surface area contributed by atoms with Gasteiger partial charge in [-0.2, -0.15) is 0 Å². The topological polar surface area (TPSA) is 71.0 Å². The van der Waals surface area contributed by atoms with Gasteiger partial charge < -0.3 is 24.8 Å². The molecule has 0 aliphatic carbocycles. The Bertz CT molecular complexity index is 316. The first-order valence-corrected chi connectivity index (χ1v) is 6.88. The highest BCUT2D eigenvalue weighted by atomic mass is 16.5. The van der Waals surface area contributed by atoms with Crippen LogP contribution in [0.2, 0.25) is 0 Å². The Labute approximate surface area is 114 Å². The van der Waals surface area contributed by atoms with E-state index in [1.165, 1.54) is 0 Å². The molecule has 1 amide bonds. The van der Waals surface area contributed by atoms with Gasteiger partial charge in [0.1, 0.15) is 0 Å². The molecule has 2 fully saturated rings. The van der Waals surface area contributed by atoms with E-state index in [1.807, 2.05) is 13.8 Å². The van der Waals surface area contributed by atoms with Crippen LogP contribution < -0.4 is 5.32 Å². The average Bonchev–Trinajstić information content (AvgIpc) is 2.38. The number of ether oxygens (including phenoxy) is 2. The van der Waals surface area contributed by atoms with Crippen LogP contribution in [-0.4, -0.2) is 73.1 Å². The second kappa shape index (κ2) is 6.17. The lowest BCUT2D eigenvalue weighted by Crippen LogP contribution is -2.56. The van der Waals surface area contributed by atoms with Crippen LogP contribution in [0.15, 0.2) is 0 Å². The molecule has 2 rings (SSSR count). The smallest absolute Gasteiger partial charge is 0.224 e. The predicted octanol–water partition coefficient (Wildman–Crippen LogP) is -0.637. The van der Waals surface area contributed by atoms with Crippen molar-refractivity contribution >= 4 is 5.91 Å². The Hall–Kier alpha value is -0.690. The minimum Gasteiger partial charge on any atom is -0.394 e. The van der Waals surface area contributed by atoms with E-state index in [4.69, 9.17) is 9.47 Å². The van der Waals surface area contributed by atoms with Crippen LogP contribution in [0.5, 0.6) is 0 Å². The number of nitrogens with one attached hydrogen (secondary N) is 1. The maximum atomic E-state index is 12.3. The number of morpholine rings is 2. The number of hydrogen-bond donors (Lipinski definition) is 2. The summed E-state index contributed by atoms with van der Waals surface area (Å²) in [4.78, 5) is 14.1. The monoisotopic (exact) mass is 272 g/mol. The Morgan fingerprint density at radius 2 is 2.32 bits per heavy atom. The molecule has 2 aliphatic rings. The molecule has 0 spiro atoms. The number of aliphatic hydroxyl groups excluding tert-OH is 1. The van der Waals surface area contributed by atoms with Crippen molar-refractivity contribution in [2.24, 2.45) is 0 Å². The summed E-state index contributed by atoms with van der Waals surface area (Å²) in [5.74, 6) is 0.0952. The molecule has 0 aromatic heterocycles. The van der Waals surface area contributed by atoms with E-state index in [-0.39, 0.29) is 24.7 Å². The highest BCUT2D eigenvalue weighted by molar-refractivity contribution is 5.77. The lowest BCUT2D eigenvalue weighted by Gasteiger charge is -2.42. The van der Waals surface area contributed by atoms with Crippen molar-refractivity contribution in [2.75, 3.05) is 39.5 Å². The first kappa shape index (κ1) is 14.7. The van der Waals surface area contributed by atoms with E-state index in [2.05, 4.69) is 5.32 Å². The number of carbonyl (C=O) groups excluding carboxylic acids is 1. The molecule has 110 valence electrons. The number of amides is 1. The van der Waals surface area contributed by atoms with Crippen molar-refractivity contribution in [3.8, 4) is 0 Å². The summed E-state index contributed by atoms with van der Waals surface area (Å²) >= 11 is 0. The van der Waals surface area contributed by atoms with Gasteiger partial charge in [-0.05, 0) is 13.8 Å². The van der Waals surface area contributed by atoms with E-state index in [0.717, 1.165) is 6.54 Å². The van der Waals surface area contributed by atoms with Gasteiger partial charge in [0.05, 0.1) is 31.5 Å². The van der Waals surface area contributed by atoms with Crippen LogP contribution in [0.25, 0.3) is 0 Å². The Kier molecular flexibility index (Phi) is 4.78. The van der Waals surface area contributed by atoms with Crippen molar-refractivity contribution in [1.29, 1.82) is 0 Å². The van der Waals surface area contributed by atoms with Gasteiger partial charge in [0.25, 0.3) is 0 Å². The van der Waals surface area contributed by atoms with E-state index in [1.54, 1.807) is 4.90 Å². The molecule has 0 aromatic rings. The standard InChI is InChI=1S/C13H24N2O4/c1-13(2)9-15(6-11(7-16)19-13)12(17)5-10-8-18-4-3-14-10/h10-11,14,16H,3-9H2,1-2H3. The molecular weight excluding hydrogens is 248 g/mol. The number of carbonyl (C=O) groups is 1. The zero-order valence-corrected chi connectivity index (χ0v) is 11.7. The van der Waals surface area contributed by atoms with Crippen molar-refractivity contribution < 1.29 is 19.4 Å². The Balaban J connectivity index is 1.89. The molecule has 19 heavy (non-hydrogen) atoms. The SMILES string of the molecule is CC1(C)CN(C(=O)CC2COCCN2)CC(CO)O1. The molecular formula is C13H24N2O4. The molecule has 0 radical (unpaired) electrons. The second-order valence-electron chi connectivity index (χ2n) is 5.89. The largest absolute Gasteiger partial charge is 0.394 e. The van der Waals surface area contributed by atoms with Crippen LogP contribution in [0, 0.1) is 0 Å². The molecule has 2 heterocycles. The van der Waals surface area contributed by atoms with Crippen molar-refractivity contribution in [1.82, 2.24) is 10.2 Å². The number of hydrogen-bond acceptors (Lipinski definition) is 5. The average molecular weight is 272 g/mol. The first-order chi connectivity index (χ1) is 9.00. The van der Waals surface area contributed by atoms with Gasteiger partial charge >= 0.3 is 0 Å². The summed E-state index contributed by atoms with van der Waals surface area (Å²) in [6, 6.07) is 0.0970. The first-order valence-electron chi connectivity index (χ1n) is 6.88. The van der Waals surface area contributed by atoms with Gasteiger partial charge in [-0.3, -0.25) is 4.79 Å². The van der Waals surface area contributed by atoms with Crippen molar-refractivity contribution in [2.45, 2.75) is 38.0 Å². The zero-order valence-electron chi connectivity index (χ0n) is 11.7. The van der Waals surface area contributed by atoms with Crippen LogP contribution in [-0.2, 0) is 14.3 Å². The third-order valence-electron chi connectivity index (χ3n) is 3.46. The third kappa shape index (κ3) is 4.14. The van der Waals surface area contributed by atoms with Crippen LogP contribution >= 0.6 is 0 Å². The third-order valence-corrected chi connectivity index (χ3v) is 3.46. The van der Waals surface area contributed by atoms with E-state index < -0.39 is 5.60 Å². The molecule has 6 nitrogen and oxygen atoms in total. The lowest BCUT2D eigenvalue weighted by atomic mass is 10.0. The summed E-state index contributed by atoms with van der Waals surface area (Å²) in [5, 5.41) is 12.5. The summed E-state index contributed by atoms with van der Waals surface area (Å²) in [6.45, 7) is 6.95. The van der Waals surface area contributed by atoms with Crippen LogP contribution in [0.3, 0.4) is 0 Å². The van der Waals surface area contributed by atoms with Crippen LogP contribution in [0.1, 0.15) is 20.3 Å². The molecule has 2 aliphatic heterocycles. The van der Waals surface area contributed by atoms with Gasteiger partial charge in [-0.25, -0.2) is 0 Å². The Morgan fingerprint density at radius 3 is 2.95 bits per heavy atom. The maximum Gasteiger partial charge on any atom is 0.224 e. The molecule has 0 bridgehead atoms. The minimum absolute atomic E-state index is 0.0575. The quantitative estimate of drug-likeness (QED) is 0.715. The van der Waals surface area contributed by atoms with E-state index in [0.29, 0.717) is 32.7 Å². The van der Waals surface area contributed by atoms with Crippen LogP contribution in [0.4, 0.5) is 0 Å². The van der Waals surface area contributed by atoms with Gasteiger partial charge in [0.2, 0.25) is 5.91 Å². The number of nitrogens with zero attached hydrogens (tertiary/aromatic N) is 1. The molecule has 6 heteroatoms. The second-order valence-corrected chi connectivity index (χ2v) is 5.89. The summed E-state index contributed by atoms with van der Waals surface area (Å²) in [6.07, 6.45) is 0.150. The summed E-state index contributed by atoms with van der Waals surface area (Å²) in [7, 11) is 0. The molecule has 2 unspecified atom stereocenters. The molecule has 2 N–H and O–H groups in total. The fourth-order valence-electron chi connectivity index (χ4n) is 2.67. The molecule has 0 aromatic carbocycles. The highest BCUT2D eigenvalue weighted by Gasteiger charge is 2.35. The molecule has 0 saturated carbocycles. The van der Waals surface area contributed by atoms with E-state index >= 15 is 0 Å². The summed E-state index contributed by atoms with van der Waals surface area (Å²) < 4.78 is 11.1. The zero-order chi connectivity index (χ0) is 13.9. The normalized spacial score (nSPS) is 31.2. The molecule has 2 saturated heterocycles.